The van der Waals surface area contributed by atoms with Gasteiger partial charge in [-0.3, -0.25) is 0 Å². The Balaban J connectivity index is 1.99. The van der Waals surface area contributed by atoms with E-state index in [1.54, 1.807) is 11.3 Å². The summed E-state index contributed by atoms with van der Waals surface area (Å²) >= 11 is 1.77. The third kappa shape index (κ3) is 2.46. The van der Waals surface area contributed by atoms with Gasteiger partial charge in [0.15, 0.2) is 0 Å². The molecule has 0 spiro atoms. The van der Waals surface area contributed by atoms with Gasteiger partial charge in [0, 0.05) is 17.1 Å². The summed E-state index contributed by atoms with van der Waals surface area (Å²) in [6.45, 7) is 9.04. The van der Waals surface area contributed by atoms with Crippen LogP contribution in [-0.4, -0.2) is 11.0 Å². The minimum atomic E-state index is 0.390. The third-order valence-corrected chi connectivity index (χ3v) is 4.86. The fourth-order valence-corrected chi connectivity index (χ4v) is 3.39. The van der Waals surface area contributed by atoms with Crippen LogP contribution in [0.4, 0.5) is 0 Å². The van der Waals surface area contributed by atoms with Crippen molar-refractivity contribution in [1.29, 1.82) is 0 Å². The van der Waals surface area contributed by atoms with E-state index in [-0.39, 0.29) is 0 Å². The Morgan fingerprint density at radius 3 is 2.81 bits per heavy atom. The summed E-state index contributed by atoms with van der Waals surface area (Å²) in [5.41, 5.74) is 1.58. The van der Waals surface area contributed by atoms with Gasteiger partial charge in [-0.05, 0) is 32.1 Å². The van der Waals surface area contributed by atoms with Crippen molar-refractivity contribution < 1.29 is 0 Å². The van der Waals surface area contributed by atoms with Crippen LogP contribution >= 0.6 is 11.3 Å². The fraction of sp³-hybridized carbons (Fsp3) is 0.769. The standard InChI is InChI=1S/C13H22N2S/c1-9-8-16-12(14-9)10(2)15-11-6-5-7-13(11,3)4/h8,10-11,15H,5-7H2,1-4H3. The highest BCUT2D eigenvalue weighted by atomic mass is 32.1. The first kappa shape index (κ1) is 12.1. The van der Waals surface area contributed by atoms with Crippen molar-refractivity contribution in [2.75, 3.05) is 0 Å². The molecule has 16 heavy (non-hydrogen) atoms. The minimum absolute atomic E-state index is 0.390. The van der Waals surface area contributed by atoms with E-state index in [2.05, 4.69) is 43.4 Å². The van der Waals surface area contributed by atoms with Gasteiger partial charge in [-0.2, -0.15) is 0 Å². The van der Waals surface area contributed by atoms with Crippen molar-refractivity contribution in [1.82, 2.24) is 10.3 Å². The van der Waals surface area contributed by atoms with Gasteiger partial charge >= 0.3 is 0 Å². The molecule has 2 atom stereocenters. The van der Waals surface area contributed by atoms with Gasteiger partial charge < -0.3 is 5.32 Å². The molecule has 2 nitrogen and oxygen atoms in total. The SMILES string of the molecule is Cc1csc(C(C)NC2CCCC2(C)C)n1. The Labute approximate surface area is 102 Å². The Bertz CT molecular complexity index is 357. The van der Waals surface area contributed by atoms with E-state index in [1.165, 1.54) is 24.3 Å². The zero-order chi connectivity index (χ0) is 11.8. The second kappa shape index (κ2) is 4.46. The average Bonchev–Trinajstić information content (AvgIpc) is 2.74. The number of nitrogens with zero attached hydrogens (tertiary/aromatic N) is 1. The molecule has 1 N–H and O–H groups in total. The number of thiazole rings is 1. The van der Waals surface area contributed by atoms with Crippen molar-refractivity contribution >= 4 is 11.3 Å². The quantitative estimate of drug-likeness (QED) is 0.869. The summed E-state index contributed by atoms with van der Waals surface area (Å²) in [6.07, 6.45) is 4.00. The van der Waals surface area contributed by atoms with E-state index < -0.39 is 0 Å². The summed E-state index contributed by atoms with van der Waals surface area (Å²) in [4.78, 5) is 4.56. The predicted octanol–water partition coefficient (Wildman–Crippen LogP) is 3.68. The highest BCUT2D eigenvalue weighted by molar-refractivity contribution is 7.09. The summed E-state index contributed by atoms with van der Waals surface area (Å²) in [7, 11) is 0. The molecule has 2 rings (SSSR count). The molecule has 3 heteroatoms. The maximum atomic E-state index is 4.56. The Morgan fingerprint density at radius 2 is 2.31 bits per heavy atom. The number of aryl methyl sites for hydroxylation is 1. The summed E-state index contributed by atoms with van der Waals surface area (Å²) in [5, 5.41) is 7.10. The fourth-order valence-electron chi connectivity index (χ4n) is 2.58. The van der Waals surface area contributed by atoms with Crippen molar-refractivity contribution in [3.63, 3.8) is 0 Å². The number of rotatable bonds is 3. The van der Waals surface area contributed by atoms with Crippen LogP contribution in [-0.2, 0) is 0 Å². The summed E-state index contributed by atoms with van der Waals surface area (Å²) < 4.78 is 0. The molecule has 0 saturated heterocycles. The lowest BCUT2D eigenvalue weighted by Crippen LogP contribution is -2.39. The lowest BCUT2D eigenvalue weighted by atomic mass is 9.87. The van der Waals surface area contributed by atoms with Crippen molar-refractivity contribution in [3.05, 3.63) is 16.1 Å². The molecule has 1 heterocycles. The smallest absolute Gasteiger partial charge is 0.110 e. The van der Waals surface area contributed by atoms with Crippen LogP contribution in [0.2, 0.25) is 0 Å². The van der Waals surface area contributed by atoms with Gasteiger partial charge in [-0.1, -0.05) is 20.3 Å². The number of aromatic nitrogens is 1. The maximum Gasteiger partial charge on any atom is 0.110 e. The summed E-state index contributed by atoms with van der Waals surface area (Å²) in [6, 6.07) is 1.03. The molecule has 2 unspecified atom stereocenters. The number of hydrogen-bond donors (Lipinski definition) is 1. The van der Waals surface area contributed by atoms with Crippen LogP contribution in [0.25, 0.3) is 0 Å². The van der Waals surface area contributed by atoms with Gasteiger partial charge in [0.1, 0.15) is 5.01 Å². The van der Waals surface area contributed by atoms with Gasteiger partial charge in [0.2, 0.25) is 0 Å². The molecule has 1 aromatic heterocycles. The van der Waals surface area contributed by atoms with Gasteiger partial charge in [0.25, 0.3) is 0 Å². The molecule has 0 amide bonds. The van der Waals surface area contributed by atoms with E-state index in [1.807, 2.05) is 0 Å². The second-order valence-corrected chi connectivity index (χ2v) is 6.54. The molecule has 1 saturated carbocycles. The molecular weight excluding hydrogens is 216 g/mol. The van der Waals surface area contributed by atoms with Gasteiger partial charge in [-0.15, -0.1) is 11.3 Å². The minimum Gasteiger partial charge on any atom is -0.305 e. The van der Waals surface area contributed by atoms with E-state index in [4.69, 9.17) is 0 Å². The van der Waals surface area contributed by atoms with Crippen LogP contribution in [0.3, 0.4) is 0 Å². The molecule has 0 bridgehead atoms. The molecule has 1 aliphatic carbocycles. The number of hydrogen-bond acceptors (Lipinski definition) is 3. The van der Waals surface area contributed by atoms with E-state index in [9.17, 15) is 0 Å². The molecule has 0 aliphatic heterocycles. The first-order chi connectivity index (χ1) is 7.49. The second-order valence-electron chi connectivity index (χ2n) is 5.65. The first-order valence-corrected chi connectivity index (χ1v) is 7.05. The molecular formula is C13H22N2S. The monoisotopic (exact) mass is 238 g/mol. The Morgan fingerprint density at radius 1 is 1.56 bits per heavy atom. The third-order valence-electron chi connectivity index (χ3n) is 3.72. The van der Waals surface area contributed by atoms with Gasteiger partial charge in [0.05, 0.1) is 6.04 Å². The number of nitrogens with one attached hydrogen (secondary N) is 1. The maximum absolute atomic E-state index is 4.56. The molecule has 1 aromatic rings. The van der Waals surface area contributed by atoms with Crippen LogP contribution in [0, 0.1) is 12.3 Å². The molecule has 1 aliphatic rings. The molecule has 1 fully saturated rings. The normalized spacial score (nSPS) is 25.9. The van der Waals surface area contributed by atoms with Crippen LogP contribution in [0.1, 0.15) is 56.8 Å². The van der Waals surface area contributed by atoms with Crippen LogP contribution in [0.15, 0.2) is 5.38 Å². The van der Waals surface area contributed by atoms with Gasteiger partial charge in [-0.25, -0.2) is 4.98 Å². The summed E-state index contributed by atoms with van der Waals surface area (Å²) in [5.74, 6) is 0. The van der Waals surface area contributed by atoms with E-state index in [0.717, 1.165) is 5.69 Å². The molecule has 90 valence electrons. The zero-order valence-electron chi connectivity index (χ0n) is 10.7. The van der Waals surface area contributed by atoms with Crippen molar-refractivity contribution in [2.24, 2.45) is 5.41 Å². The van der Waals surface area contributed by atoms with Crippen molar-refractivity contribution in [2.45, 2.75) is 59.0 Å². The van der Waals surface area contributed by atoms with Crippen LogP contribution in [0.5, 0.6) is 0 Å². The lowest BCUT2D eigenvalue weighted by molar-refractivity contribution is 0.266. The highest BCUT2D eigenvalue weighted by Crippen LogP contribution is 2.38. The molecule has 0 aromatic carbocycles. The topological polar surface area (TPSA) is 24.9 Å². The Kier molecular flexibility index (Phi) is 3.36. The highest BCUT2D eigenvalue weighted by Gasteiger charge is 2.35. The zero-order valence-corrected chi connectivity index (χ0v) is 11.5. The largest absolute Gasteiger partial charge is 0.305 e. The Hall–Kier alpha value is -0.410. The average molecular weight is 238 g/mol. The first-order valence-electron chi connectivity index (χ1n) is 6.17. The lowest BCUT2D eigenvalue weighted by Gasteiger charge is -2.30. The van der Waals surface area contributed by atoms with Crippen LogP contribution < -0.4 is 5.32 Å². The molecule has 0 radical (unpaired) electrons. The van der Waals surface area contributed by atoms with E-state index >= 15 is 0 Å². The van der Waals surface area contributed by atoms with Crippen molar-refractivity contribution in [3.8, 4) is 0 Å². The predicted molar refractivity (Wildman–Crippen MR) is 69.8 cm³/mol. The van der Waals surface area contributed by atoms with E-state index in [0.29, 0.717) is 17.5 Å².